The molecule has 130 valence electrons. The Morgan fingerprint density at radius 1 is 1.00 bits per heavy atom. The van der Waals surface area contributed by atoms with Crippen LogP contribution < -0.4 is 5.76 Å². The van der Waals surface area contributed by atoms with Crippen LogP contribution in [0.15, 0.2) is 63.8 Å². The maximum absolute atomic E-state index is 14.0. The highest BCUT2D eigenvalue weighted by molar-refractivity contribution is 5.61. The molecule has 0 atom stereocenters. The molecule has 0 spiro atoms. The first kappa shape index (κ1) is 17.2. The van der Waals surface area contributed by atoms with Crippen molar-refractivity contribution in [2.75, 3.05) is 20.1 Å². The molecule has 0 radical (unpaired) electrons. The average molecular weight is 340 g/mol. The van der Waals surface area contributed by atoms with Crippen LogP contribution in [-0.2, 0) is 12.8 Å². The van der Waals surface area contributed by atoms with E-state index in [4.69, 9.17) is 4.42 Å². The molecule has 0 saturated heterocycles. The van der Waals surface area contributed by atoms with Gasteiger partial charge in [-0.15, -0.1) is 0 Å². The van der Waals surface area contributed by atoms with E-state index >= 15 is 0 Å². The molecular formula is C20H21FN2O2. The topological polar surface area (TPSA) is 49.2 Å². The van der Waals surface area contributed by atoms with E-state index in [2.05, 4.69) is 22.0 Å². The van der Waals surface area contributed by atoms with Crippen LogP contribution >= 0.6 is 0 Å². The van der Waals surface area contributed by atoms with Gasteiger partial charge in [-0.2, -0.15) is 0 Å². The zero-order chi connectivity index (χ0) is 17.6. The number of likely N-dealkylation sites (N-methyl/N-ethyl adjacent to an activating group) is 1. The summed E-state index contributed by atoms with van der Waals surface area (Å²) in [5.74, 6) is -0.444. The second-order valence-electron chi connectivity index (χ2n) is 6.08. The molecule has 0 unspecified atom stereocenters. The van der Waals surface area contributed by atoms with Gasteiger partial charge < -0.3 is 9.32 Å². The van der Waals surface area contributed by atoms with Crippen molar-refractivity contribution in [1.82, 2.24) is 9.88 Å². The Bertz CT molecular complexity index is 871. The molecule has 3 rings (SSSR count). The van der Waals surface area contributed by atoms with Gasteiger partial charge in [-0.05, 0) is 31.2 Å². The maximum Gasteiger partial charge on any atom is 0.416 e. The minimum Gasteiger partial charge on any atom is -0.412 e. The SMILES string of the molecule is CN(CCc1ccccc1)CCc1oc(=O)[nH]c1-c1ccccc1F. The van der Waals surface area contributed by atoms with Crippen molar-refractivity contribution in [1.29, 1.82) is 0 Å². The van der Waals surface area contributed by atoms with Gasteiger partial charge in [-0.3, -0.25) is 4.98 Å². The Kier molecular flexibility index (Phi) is 5.46. The smallest absolute Gasteiger partial charge is 0.412 e. The normalized spacial score (nSPS) is 11.2. The molecule has 1 heterocycles. The summed E-state index contributed by atoms with van der Waals surface area (Å²) >= 11 is 0. The van der Waals surface area contributed by atoms with E-state index in [9.17, 15) is 9.18 Å². The lowest BCUT2D eigenvalue weighted by atomic mass is 10.1. The molecule has 25 heavy (non-hydrogen) atoms. The van der Waals surface area contributed by atoms with Gasteiger partial charge in [0.2, 0.25) is 0 Å². The van der Waals surface area contributed by atoms with Crippen molar-refractivity contribution >= 4 is 0 Å². The van der Waals surface area contributed by atoms with Gasteiger partial charge in [0, 0.05) is 25.1 Å². The molecule has 2 aromatic carbocycles. The fourth-order valence-corrected chi connectivity index (χ4v) is 2.79. The van der Waals surface area contributed by atoms with Crippen LogP contribution in [0.3, 0.4) is 0 Å². The van der Waals surface area contributed by atoms with Gasteiger partial charge >= 0.3 is 5.76 Å². The van der Waals surface area contributed by atoms with Gasteiger partial charge in [0.1, 0.15) is 11.6 Å². The highest BCUT2D eigenvalue weighted by atomic mass is 19.1. The van der Waals surface area contributed by atoms with E-state index in [1.54, 1.807) is 18.2 Å². The number of halogens is 1. The molecule has 0 bridgehead atoms. The summed E-state index contributed by atoms with van der Waals surface area (Å²) in [5.41, 5.74) is 2.07. The molecule has 0 saturated carbocycles. The Hall–Kier alpha value is -2.66. The second kappa shape index (κ2) is 7.94. The zero-order valence-corrected chi connectivity index (χ0v) is 14.2. The molecule has 5 heteroatoms. The standard InChI is InChI=1S/C20H21FN2O2/c1-23(13-11-15-7-3-2-4-8-15)14-12-18-19(22-20(24)25-18)16-9-5-6-10-17(16)21/h2-10H,11-14H2,1H3,(H,22,24). The minimum absolute atomic E-state index is 0.357. The van der Waals surface area contributed by atoms with Crippen LogP contribution in [0.5, 0.6) is 0 Å². The van der Waals surface area contributed by atoms with Crippen molar-refractivity contribution in [3.63, 3.8) is 0 Å². The van der Waals surface area contributed by atoms with Gasteiger partial charge in [-0.25, -0.2) is 9.18 Å². The Morgan fingerprint density at radius 2 is 1.68 bits per heavy atom. The first-order valence-corrected chi connectivity index (χ1v) is 8.33. The molecule has 0 fully saturated rings. The summed E-state index contributed by atoms with van der Waals surface area (Å²) in [6, 6.07) is 16.6. The second-order valence-corrected chi connectivity index (χ2v) is 6.08. The summed E-state index contributed by atoms with van der Waals surface area (Å²) in [5, 5.41) is 0. The Morgan fingerprint density at radius 3 is 2.44 bits per heavy atom. The van der Waals surface area contributed by atoms with Crippen molar-refractivity contribution in [3.05, 3.63) is 82.3 Å². The lowest BCUT2D eigenvalue weighted by Gasteiger charge is -2.16. The Labute approximate surface area is 145 Å². The number of benzene rings is 2. The minimum atomic E-state index is -0.555. The largest absolute Gasteiger partial charge is 0.416 e. The summed E-state index contributed by atoms with van der Waals surface area (Å²) in [7, 11) is 2.02. The van der Waals surface area contributed by atoms with Crippen LogP contribution in [-0.4, -0.2) is 30.0 Å². The summed E-state index contributed by atoms with van der Waals surface area (Å²) in [6.45, 7) is 1.61. The number of rotatable bonds is 7. The van der Waals surface area contributed by atoms with E-state index in [-0.39, 0.29) is 5.82 Å². The third-order valence-corrected chi connectivity index (χ3v) is 4.21. The molecule has 1 N–H and O–H groups in total. The van der Waals surface area contributed by atoms with Crippen LogP contribution in [0.2, 0.25) is 0 Å². The number of nitrogens with one attached hydrogen (secondary N) is 1. The summed E-state index contributed by atoms with van der Waals surface area (Å²) < 4.78 is 19.2. The zero-order valence-electron chi connectivity index (χ0n) is 14.2. The van der Waals surface area contributed by atoms with E-state index in [0.717, 1.165) is 19.5 Å². The number of nitrogens with zero attached hydrogens (tertiary/aromatic N) is 1. The lowest BCUT2D eigenvalue weighted by molar-refractivity contribution is 0.329. The molecule has 0 aliphatic rings. The van der Waals surface area contributed by atoms with Crippen molar-refractivity contribution < 1.29 is 8.81 Å². The molecule has 0 amide bonds. The average Bonchev–Trinajstić information content (AvgIpc) is 3.00. The monoisotopic (exact) mass is 340 g/mol. The predicted octanol–water partition coefficient (Wildman–Crippen LogP) is 3.49. The highest BCUT2D eigenvalue weighted by Crippen LogP contribution is 2.23. The number of aromatic nitrogens is 1. The Balaban J connectivity index is 1.64. The van der Waals surface area contributed by atoms with Crippen LogP contribution in [0, 0.1) is 5.82 Å². The fourth-order valence-electron chi connectivity index (χ4n) is 2.79. The molecule has 0 aliphatic heterocycles. The predicted molar refractivity (Wildman–Crippen MR) is 96.1 cm³/mol. The first-order valence-electron chi connectivity index (χ1n) is 8.33. The molecule has 0 aliphatic carbocycles. The van der Waals surface area contributed by atoms with Gasteiger partial charge in [0.25, 0.3) is 0 Å². The molecule has 3 aromatic rings. The molecular weight excluding hydrogens is 319 g/mol. The number of aromatic amines is 1. The number of oxazole rings is 1. The van der Waals surface area contributed by atoms with Gasteiger partial charge in [0.15, 0.2) is 0 Å². The third-order valence-electron chi connectivity index (χ3n) is 4.21. The first-order chi connectivity index (χ1) is 12.1. The maximum atomic E-state index is 14.0. The van der Waals surface area contributed by atoms with E-state index in [1.807, 2.05) is 25.2 Å². The van der Waals surface area contributed by atoms with Crippen molar-refractivity contribution in [2.24, 2.45) is 0 Å². The quantitative estimate of drug-likeness (QED) is 0.716. The lowest BCUT2D eigenvalue weighted by Crippen LogP contribution is -2.23. The third kappa shape index (κ3) is 4.45. The number of hydrogen-bond acceptors (Lipinski definition) is 3. The summed E-state index contributed by atoms with van der Waals surface area (Å²) in [6.07, 6.45) is 1.49. The van der Waals surface area contributed by atoms with Crippen LogP contribution in [0.4, 0.5) is 4.39 Å². The van der Waals surface area contributed by atoms with Crippen molar-refractivity contribution in [2.45, 2.75) is 12.8 Å². The molecule has 1 aromatic heterocycles. The number of hydrogen-bond donors (Lipinski definition) is 1. The van der Waals surface area contributed by atoms with Gasteiger partial charge in [-0.1, -0.05) is 42.5 Å². The number of H-pyrrole nitrogens is 1. The fraction of sp³-hybridized carbons (Fsp3) is 0.250. The van der Waals surface area contributed by atoms with E-state index < -0.39 is 5.76 Å². The van der Waals surface area contributed by atoms with E-state index in [1.165, 1.54) is 11.6 Å². The highest BCUT2D eigenvalue weighted by Gasteiger charge is 2.15. The van der Waals surface area contributed by atoms with E-state index in [0.29, 0.717) is 23.4 Å². The van der Waals surface area contributed by atoms with Crippen LogP contribution in [0.1, 0.15) is 11.3 Å². The van der Waals surface area contributed by atoms with Gasteiger partial charge in [0.05, 0.1) is 5.69 Å². The van der Waals surface area contributed by atoms with Crippen molar-refractivity contribution in [3.8, 4) is 11.3 Å². The van der Waals surface area contributed by atoms with Crippen LogP contribution in [0.25, 0.3) is 11.3 Å². The molecule has 4 nitrogen and oxygen atoms in total. The summed E-state index contributed by atoms with van der Waals surface area (Å²) in [4.78, 5) is 16.4.